The molecule has 116 valence electrons. The first-order chi connectivity index (χ1) is 10.7. The second-order valence-corrected chi connectivity index (χ2v) is 7.33. The molecule has 22 heavy (non-hydrogen) atoms. The standard InChI is InChI=1S/C17H21N3S2/c1-3-4-11-20-16(14-9-8-12(2)22-14)15(19-17(20)21)13-7-5-6-10-18-13/h5-10,15-16H,3-4,11H2,1-2H3,(H,19,21). The number of nitrogens with zero attached hydrogens (tertiary/aromatic N) is 2. The zero-order valence-corrected chi connectivity index (χ0v) is 14.6. The van der Waals surface area contributed by atoms with Gasteiger partial charge in [0.15, 0.2) is 5.11 Å². The van der Waals surface area contributed by atoms with Gasteiger partial charge in [0.1, 0.15) is 0 Å². The van der Waals surface area contributed by atoms with Gasteiger partial charge < -0.3 is 10.2 Å². The van der Waals surface area contributed by atoms with E-state index in [1.807, 2.05) is 29.7 Å². The van der Waals surface area contributed by atoms with Gasteiger partial charge in [0.2, 0.25) is 0 Å². The molecule has 0 radical (unpaired) electrons. The lowest BCUT2D eigenvalue weighted by molar-refractivity contribution is 0.317. The number of unbranched alkanes of at least 4 members (excludes halogenated alkanes) is 1. The molecule has 3 nitrogen and oxygen atoms in total. The number of hydrogen-bond acceptors (Lipinski definition) is 3. The van der Waals surface area contributed by atoms with Crippen LogP contribution in [0.3, 0.4) is 0 Å². The van der Waals surface area contributed by atoms with Crippen molar-refractivity contribution in [2.75, 3.05) is 6.54 Å². The first kappa shape index (κ1) is 15.4. The molecule has 0 bridgehead atoms. The molecule has 1 N–H and O–H groups in total. The SMILES string of the molecule is CCCCN1C(=S)NC(c2ccccn2)C1c1ccc(C)s1. The molecular formula is C17H21N3S2. The Morgan fingerprint density at radius 1 is 1.32 bits per heavy atom. The van der Waals surface area contributed by atoms with Gasteiger partial charge in [-0.2, -0.15) is 0 Å². The minimum Gasteiger partial charge on any atom is -0.352 e. The zero-order chi connectivity index (χ0) is 15.5. The van der Waals surface area contributed by atoms with Crippen LogP contribution in [-0.2, 0) is 0 Å². The van der Waals surface area contributed by atoms with E-state index in [9.17, 15) is 0 Å². The third-order valence-electron chi connectivity index (χ3n) is 4.00. The molecule has 0 spiro atoms. The van der Waals surface area contributed by atoms with E-state index in [2.05, 4.69) is 47.2 Å². The predicted octanol–water partition coefficient (Wildman–Crippen LogP) is 4.22. The van der Waals surface area contributed by atoms with Gasteiger partial charge in [-0.05, 0) is 49.8 Å². The summed E-state index contributed by atoms with van der Waals surface area (Å²) in [5.74, 6) is 0. The van der Waals surface area contributed by atoms with E-state index in [0.29, 0.717) is 0 Å². The molecule has 0 saturated carbocycles. The molecule has 0 aromatic carbocycles. The highest BCUT2D eigenvalue weighted by atomic mass is 32.1. The van der Waals surface area contributed by atoms with Crippen LogP contribution in [0.25, 0.3) is 0 Å². The van der Waals surface area contributed by atoms with Crippen LogP contribution in [0.2, 0.25) is 0 Å². The minimum absolute atomic E-state index is 0.128. The van der Waals surface area contributed by atoms with Crippen LogP contribution in [-0.4, -0.2) is 21.5 Å². The molecule has 1 aliphatic heterocycles. The van der Waals surface area contributed by atoms with Crippen molar-refractivity contribution in [1.82, 2.24) is 15.2 Å². The van der Waals surface area contributed by atoms with Crippen LogP contribution in [0.4, 0.5) is 0 Å². The molecule has 3 rings (SSSR count). The summed E-state index contributed by atoms with van der Waals surface area (Å²) in [6, 6.07) is 10.9. The molecule has 2 aromatic rings. The maximum atomic E-state index is 5.61. The van der Waals surface area contributed by atoms with E-state index in [4.69, 9.17) is 12.2 Å². The smallest absolute Gasteiger partial charge is 0.170 e. The molecule has 1 saturated heterocycles. The first-order valence-corrected chi connectivity index (χ1v) is 8.97. The number of nitrogens with one attached hydrogen (secondary N) is 1. The fourth-order valence-electron chi connectivity index (χ4n) is 2.90. The van der Waals surface area contributed by atoms with E-state index in [-0.39, 0.29) is 12.1 Å². The number of pyridine rings is 1. The quantitative estimate of drug-likeness (QED) is 0.830. The Morgan fingerprint density at radius 2 is 2.18 bits per heavy atom. The van der Waals surface area contributed by atoms with Gasteiger partial charge in [-0.3, -0.25) is 4.98 Å². The fourth-order valence-corrected chi connectivity index (χ4v) is 4.26. The molecule has 1 fully saturated rings. The van der Waals surface area contributed by atoms with E-state index >= 15 is 0 Å². The molecule has 0 aliphatic carbocycles. The number of aryl methyl sites for hydroxylation is 1. The van der Waals surface area contributed by atoms with Gasteiger partial charge in [0, 0.05) is 22.5 Å². The lowest BCUT2D eigenvalue weighted by atomic mass is 10.0. The Bertz CT molecular complexity index is 638. The van der Waals surface area contributed by atoms with Crippen LogP contribution in [0.1, 0.15) is 47.3 Å². The predicted molar refractivity (Wildman–Crippen MR) is 96.1 cm³/mol. The van der Waals surface area contributed by atoms with Crippen LogP contribution >= 0.6 is 23.6 Å². The summed E-state index contributed by atoms with van der Waals surface area (Å²) in [5.41, 5.74) is 1.06. The summed E-state index contributed by atoms with van der Waals surface area (Å²) >= 11 is 7.46. The monoisotopic (exact) mass is 331 g/mol. The Morgan fingerprint density at radius 3 is 2.82 bits per heavy atom. The van der Waals surface area contributed by atoms with E-state index < -0.39 is 0 Å². The highest BCUT2D eigenvalue weighted by Crippen LogP contribution is 2.41. The summed E-state index contributed by atoms with van der Waals surface area (Å²) in [6.45, 7) is 5.36. The van der Waals surface area contributed by atoms with Crippen LogP contribution in [0.5, 0.6) is 0 Å². The Hall–Kier alpha value is -1.46. The molecule has 0 amide bonds. The van der Waals surface area contributed by atoms with Crippen molar-refractivity contribution in [2.24, 2.45) is 0 Å². The van der Waals surface area contributed by atoms with E-state index in [0.717, 1.165) is 23.8 Å². The number of thiocarbonyl (C=S) groups is 1. The maximum Gasteiger partial charge on any atom is 0.170 e. The maximum absolute atomic E-state index is 5.61. The van der Waals surface area contributed by atoms with Crippen molar-refractivity contribution in [3.63, 3.8) is 0 Å². The summed E-state index contributed by atoms with van der Waals surface area (Å²) in [7, 11) is 0. The number of rotatable bonds is 5. The lowest BCUT2D eigenvalue weighted by Crippen LogP contribution is -2.30. The molecule has 2 atom stereocenters. The van der Waals surface area contributed by atoms with Crippen molar-refractivity contribution in [1.29, 1.82) is 0 Å². The molecule has 1 aliphatic rings. The second kappa shape index (κ2) is 6.75. The minimum atomic E-state index is 0.128. The highest BCUT2D eigenvalue weighted by molar-refractivity contribution is 7.80. The van der Waals surface area contributed by atoms with Gasteiger partial charge in [0.05, 0.1) is 17.8 Å². The van der Waals surface area contributed by atoms with Crippen LogP contribution in [0, 0.1) is 6.92 Å². The average molecular weight is 332 g/mol. The van der Waals surface area contributed by atoms with Crippen molar-refractivity contribution < 1.29 is 0 Å². The number of aromatic nitrogens is 1. The summed E-state index contributed by atoms with van der Waals surface area (Å²) in [6.07, 6.45) is 4.17. The first-order valence-electron chi connectivity index (χ1n) is 7.75. The van der Waals surface area contributed by atoms with Crippen molar-refractivity contribution in [3.8, 4) is 0 Å². The second-order valence-electron chi connectivity index (χ2n) is 5.62. The molecule has 2 aromatic heterocycles. The van der Waals surface area contributed by atoms with Crippen LogP contribution in [0.15, 0.2) is 36.5 Å². The van der Waals surface area contributed by atoms with Crippen molar-refractivity contribution in [2.45, 2.75) is 38.8 Å². The Kier molecular flexibility index (Phi) is 4.74. The van der Waals surface area contributed by atoms with Gasteiger partial charge in [-0.15, -0.1) is 11.3 Å². The van der Waals surface area contributed by atoms with E-state index in [1.54, 1.807) is 0 Å². The zero-order valence-electron chi connectivity index (χ0n) is 13.0. The van der Waals surface area contributed by atoms with E-state index in [1.165, 1.54) is 16.2 Å². The third-order valence-corrected chi connectivity index (χ3v) is 5.43. The normalized spacial score (nSPS) is 21.2. The topological polar surface area (TPSA) is 28.2 Å². The Labute approximate surface area is 141 Å². The third kappa shape index (κ3) is 3.01. The summed E-state index contributed by atoms with van der Waals surface area (Å²) < 4.78 is 0. The van der Waals surface area contributed by atoms with Crippen LogP contribution < -0.4 is 5.32 Å². The van der Waals surface area contributed by atoms with Gasteiger partial charge in [0.25, 0.3) is 0 Å². The lowest BCUT2D eigenvalue weighted by Gasteiger charge is -2.26. The van der Waals surface area contributed by atoms with Gasteiger partial charge >= 0.3 is 0 Å². The molecule has 2 unspecified atom stereocenters. The highest BCUT2D eigenvalue weighted by Gasteiger charge is 2.39. The number of hydrogen-bond donors (Lipinski definition) is 1. The van der Waals surface area contributed by atoms with Crippen molar-refractivity contribution in [3.05, 3.63) is 52.0 Å². The average Bonchev–Trinajstić information content (AvgIpc) is 3.09. The van der Waals surface area contributed by atoms with Gasteiger partial charge in [-0.25, -0.2) is 0 Å². The molecular weight excluding hydrogens is 310 g/mol. The largest absolute Gasteiger partial charge is 0.352 e. The fraction of sp³-hybridized carbons (Fsp3) is 0.412. The summed E-state index contributed by atoms with van der Waals surface area (Å²) in [5, 5.41) is 4.34. The summed E-state index contributed by atoms with van der Waals surface area (Å²) in [4.78, 5) is 9.58. The molecule has 3 heterocycles. The number of thiophene rings is 1. The van der Waals surface area contributed by atoms with Gasteiger partial charge in [-0.1, -0.05) is 19.4 Å². The van der Waals surface area contributed by atoms with Crippen molar-refractivity contribution >= 4 is 28.7 Å². The Balaban J connectivity index is 1.96. The molecule has 5 heteroatoms.